The molecule has 0 aliphatic heterocycles. The highest BCUT2D eigenvalue weighted by atomic mass is 16.3. The minimum atomic E-state index is -0.175. The molecule has 0 spiro atoms. The fourth-order valence-corrected chi connectivity index (χ4v) is 7.47. The first-order chi connectivity index (χ1) is 11.0. The van der Waals surface area contributed by atoms with Crippen molar-refractivity contribution in [2.24, 2.45) is 34.5 Å². The molecule has 0 amide bonds. The summed E-state index contributed by atoms with van der Waals surface area (Å²) in [5, 5.41) is 20.6. The lowest BCUT2D eigenvalue weighted by Crippen LogP contribution is -2.56. The summed E-state index contributed by atoms with van der Waals surface area (Å²) in [5.74, 6) is 2.67. The van der Waals surface area contributed by atoms with Crippen molar-refractivity contribution in [1.29, 1.82) is 0 Å². The van der Waals surface area contributed by atoms with Gasteiger partial charge in [0.25, 0.3) is 0 Å². The topological polar surface area (TPSA) is 40.5 Å². The molecule has 4 aliphatic rings. The molecule has 2 nitrogen and oxygen atoms in total. The van der Waals surface area contributed by atoms with Gasteiger partial charge in [0.05, 0.1) is 6.10 Å². The zero-order valence-electron chi connectivity index (χ0n) is 14.9. The summed E-state index contributed by atoms with van der Waals surface area (Å²) < 4.78 is 0. The monoisotopic (exact) mass is 318 g/mol. The third kappa shape index (κ3) is 2.13. The maximum atomic E-state index is 11.2. The molecule has 4 aliphatic carbocycles. The molecule has 0 unspecified atom stereocenters. The van der Waals surface area contributed by atoms with Gasteiger partial charge in [-0.1, -0.05) is 25.5 Å². The van der Waals surface area contributed by atoms with Crippen LogP contribution in [0.25, 0.3) is 0 Å². The van der Waals surface area contributed by atoms with E-state index in [1.165, 1.54) is 44.9 Å². The molecule has 23 heavy (non-hydrogen) atoms. The molecule has 0 aromatic rings. The summed E-state index contributed by atoms with van der Waals surface area (Å²) in [7, 11) is 0. The molecule has 2 N–H and O–H groups in total. The summed E-state index contributed by atoms with van der Waals surface area (Å²) in [4.78, 5) is 0. The molecule has 0 bridgehead atoms. The van der Waals surface area contributed by atoms with E-state index in [1.54, 1.807) is 5.57 Å². The maximum absolute atomic E-state index is 11.2. The summed E-state index contributed by atoms with van der Waals surface area (Å²) in [6, 6.07) is 0. The summed E-state index contributed by atoms with van der Waals surface area (Å²) in [6.07, 6.45) is 13.3. The molecule has 0 radical (unpaired) electrons. The van der Waals surface area contributed by atoms with Crippen LogP contribution < -0.4 is 0 Å². The number of aliphatic hydroxyl groups excluding tert-OH is 2. The van der Waals surface area contributed by atoms with Crippen LogP contribution in [-0.2, 0) is 0 Å². The Balaban J connectivity index is 1.67. The second kappa shape index (κ2) is 5.59. The van der Waals surface area contributed by atoms with E-state index in [1.807, 2.05) is 0 Å². The fourth-order valence-electron chi connectivity index (χ4n) is 7.47. The van der Waals surface area contributed by atoms with Gasteiger partial charge in [-0.3, -0.25) is 0 Å². The summed E-state index contributed by atoms with van der Waals surface area (Å²) in [5.41, 5.74) is 2.13. The molecule has 0 aromatic carbocycles. The molecule has 2 heteroatoms. The predicted octanol–water partition coefficient (Wildman–Crippen LogP) is 4.31. The van der Waals surface area contributed by atoms with Crippen LogP contribution in [0.15, 0.2) is 11.6 Å². The normalized spacial score (nSPS) is 52.3. The lowest BCUT2D eigenvalue weighted by Gasteiger charge is -2.60. The number of hydrogen-bond acceptors (Lipinski definition) is 2. The van der Waals surface area contributed by atoms with Crippen molar-refractivity contribution in [3.05, 3.63) is 11.6 Å². The Morgan fingerprint density at radius 1 is 1.17 bits per heavy atom. The van der Waals surface area contributed by atoms with E-state index < -0.39 is 0 Å². The molecule has 0 aromatic heterocycles. The molecule has 130 valence electrons. The Bertz CT molecular complexity index is 498. The van der Waals surface area contributed by atoms with Crippen LogP contribution in [0.3, 0.4) is 0 Å². The minimum Gasteiger partial charge on any atom is -0.396 e. The van der Waals surface area contributed by atoms with Gasteiger partial charge in [-0.2, -0.15) is 0 Å². The second-order valence-corrected chi connectivity index (χ2v) is 9.36. The van der Waals surface area contributed by atoms with Crippen LogP contribution in [0, 0.1) is 34.5 Å². The minimum absolute atomic E-state index is 0.0517. The van der Waals surface area contributed by atoms with Crippen molar-refractivity contribution >= 4 is 0 Å². The lowest BCUT2D eigenvalue weighted by atomic mass is 9.46. The largest absolute Gasteiger partial charge is 0.396 e. The third-order valence-electron chi connectivity index (χ3n) is 8.80. The van der Waals surface area contributed by atoms with Gasteiger partial charge in [0.15, 0.2) is 0 Å². The van der Waals surface area contributed by atoms with Crippen molar-refractivity contribution in [3.63, 3.8) is 0 Å². The van der Waals surface area contributed by atoms with Gasteiger partial charge in [-0.05, 0) is 92.3 Å². The number of rotatable bonds is 2. The summed E-state index contributed by atoms with van der Waals surface area (Å²) >= 11 is 0. The van der Waals surface area contributed by atoms with E-state index in [0.29, 0.717) is 23.2 Å². The Hall–Kier alpha value is -0.340. The number of aliphatic hydroxyl groups is 2. The highest BCUT2D eigenvalue weighted by Gasteiger charge is 2.61. The number of allylic oxidation sites excluding steroid dienone is 2. The number of fused-ring (bicyclic) bond motifs is 5. The Morgan fingerprint density at radius 3 is 2.78 bits per heavy atom. The number of hydrogen-bond donors (Lipinski definition) is 2. The van der Waals surface area contributed by atoms with E-state index in [4.69, 9.17) is 0 Å². The van der Waals surface area contributed by atoms with Crippen molar-refractivity contribution in [1.82, 2.24) is 0 Å². The zero-order valence-corrected chi connectivity index (χ0v) is 14.9. The Morgan fingerprint density at radius 2 is 2.00 bits per heavy atom. The molecular weight excluding hydrogens is 284 g/mol. The average Bonchev–Trinajstić information content (AvgIpc) is 2.87. The highest BCUT2D eigenvalue weighted by Crippen LogP contribution is 2.67. The predicted molar refractivity (Wildman–Crippen MR) is 92.9 cm³/mol. The van der Waals surface area contributed by atoms with Gasteiger partial charge in [0.1, 0.15) is 0 Å². The highest BCUT2D eigenvalue weighted by molar-refractivity contribution is 5.24. The van der Waals surface area contributed by atoms with Gasteiger partial charge in [0.2, 0.25) is 0 Å². The van der Waals surface area contributed by atoms with E-state index >= 15 is 0 Å². The van der Waals surface area contributed by atoms with E-state index in [2.05, 4.69) is 19.9 Å². The molecule has 3 fully saturated rings. The lowest BCUT2D eigenvalue weighted by molar-refractivity contribution is -0.134. The molecule has 4 rings (SSSR count). The van der Waals surface area contributed by atoms with Gasteiger partial charge < -0.3 is 10.2 Å². The molecule has 7 atom stereocenters. The first-order valence-electron chi connectivity index (χ1n) is 10.00. The summed E-state index contributed by atoms with van der Waals surface area (Å²) in [6.45, 7) is 5.13. The van der Waals surface area contributed by atoms with Crippen molar-refractivity contribution in [2.75, 3.05) is 6.61 Å². The van der Waals surface area contributed by atoms with Crippen molar-refractivity contribution in [3.8, 4) is 0 Å². The second-order valence-electron chi connectivity index (χ2n) is 9.36. The van der Waals surface area contributed by atoms with E-state index in [-0.39, 0.29) is 18.1 Å². The van der Waals surface area contributed by atoms with Gasteiger partial charge >= 0.3 is 0 Å². The SMILES string of the molecule is C[C@@]12[C@@H](CCO)CC[C@H]1[C@@H]1CCC3=CCCC[C@]3(C)[C@H]1C[C@H]2O. The molecule has 0 heterocycles. The van der Waals surface area contributed by atoms with Gasteiger partial charge in [0, 0.05) is 6.61 Å². The molecule has 3 saturated carbocycles. The van der Waals surface area contributed by atoms with Crippen molar-refractivity contribution < 1.29 is 10.2 Å². The quantitative estimate of drug-likeness (QED) is 0.745. The Kier molecular flexibility index (Phi) is 3.93. The van der Waals surface area contributed by atoms with Crippen LogP contribution in [0.5, 0.6) is 0 Å². The average molecular weight is 319 g/mol. The maximum Gasteiger partial charge on any atom is 0.0602 e. The van der Waals surface area contributed by atoms with Crippen LogP contribution in [0.2, 0.25) is 0 Å². The fraction of sp³-hybridized carbons (Fsp3) is 0.905. The molecular formula is C21H34O2. The first-order valence-corrected chi connectivity index (χ1v) is 10.00. The van der Waals surface area contributed by atoms with Crippen LogP contribution in [-0.4, -0.2) is 22.9 Å². The Labute approximate surface area is 141 Å². The standard InChI is InChI=1S/C21H34O2/c1-20-11-4-3-5-14(20)6-8-16-17-9-7-15(10-12-22)21(17,2)19(23)13-18(16)20/h5,15-19,22-23H,3-4,6-13H2,1-2H3/t15-,16+,17+,18+,19-,20+,21-/m1/s1. The zero-order chi connectivity index (χ0) is 16.2. The van der Waals surface area contributed by atoms with E-state index in [9.17, 15) is 10.2 Å². The van der Waals surface area contributed by atoms with Crippen LogP contribution in [0.4, 0.5) is 0 Å². The first kappa shape index (κ1) is 16.1. The van der Waals surface area contributed by atoms with Crippen molar-refractivity contribution in [2.45, 2.75) is 77.7 Å². The van der Waals surface area contributed by atoms with Crippen LogP contribution in [0.1, 0.15) is 71.6 Å². The van der Waals surface area contributed by atoms with Gasteiger partial charge in [-0.25, -0.2) is 0 Å². The van der Waals surface area contributed by atoms with E-state index in [0.717, 1.165) is 18.8 Å². The van der Waals surface area contributed by atoms with Gasteiger partial charge in [-0.15, -0.1) is 0 Å². The van der Waals surface area contributed by atoms with Crippen LogP contribution >= 0.6 is 0 Å². The molecule has 0 saturated heterocycles. The third-order valence-corrected chi connectivity index (χ3v) is 8.80. The smallest absolute Gasteiger partial charge is 0.0602 e.